The molecular formula is C12H16N4O. The first-order chi connectivity index (χ1) is 8.33. The Balaban J connectivity index is 2.10. The van der Waals surface area contributed by atoms with E-state index in [1.807, 2.05) is 28.8 Å². The van der Waals surface area contributed by atoms with E-state index in [1.165, 1.54) is 5.56 Å². The third-order valence-corrected chi connectivity index (χ3v) is 2.58. The summed E-state index contributed by atoms with van der Waals surface area (Å²) in [6, 6.07) is 7.96. The third-order valence-electron chi connectivity index (χ3n) is 2.58. The van der Waals surface area contributed by atoms with Crippen LogP contribution in [0.15, 0.2) is 30.6 Å². The molecular weight excluding hydrogens is 216 g/mol. The van der Waals surface area contributed by atoms with Crippen LogP contribution in [0.1, 0.15) is 11.4 Å². The molecule has 0 bridgehead atoms. The van der Waals surface area contributed by atoms with Gasteiger partial charge in [0.1, 0.15) is 17.9 Å². The van der Waals surface area contributed by atoms with Crippen LogP contribution in [-0.2, 0) is 13.0 Å². The number of methoxy groups -OCH3 is 1. The van der Waals surface area contributed by atoms with Crippen LogP contribution in [0.25, 0.3) is 0 Å². The van der Waals surface area contributed by atoms with Crippen LogP contribution >= 0.6 is 0 Å². The minimum Gasteiger partial charge on any atom is -0.497 e. The Morgan fingerprint density at radius 1 is 1.29 bits per heavy atom. The van der Waals surface area contributed by atoms with Gasteiger partial charge in [0.2, 0.25) is 0 Å². The molecule has 2 N–H and O–H groups in total. The van der Waals surface area contributed by atoms with Crippen molar-refractivity contribution in [2.75, 3.05) is 13.7 Å². The summed E-state index contributed by atoms with van der Waals surface area (Å²) in [5, 5.41) is 7.95. The number of nitrogens with two attached hydrogens (primary N) is 1. The van der Waals surface area contributed by atoms with Crippen molar-refractivity contribution in [3.05, 3.63) is 42.0 Å². The average Bonchev–Trinajstić information content (AvgIpc) is 2.78. The Kier molecular flexibility index (Phi) is 3.72. The van der Waals surface area contributed by atoms with Gasteiger partial charge in [-0.15, -0.1) is 10.2 Å². The van der Waals surface area contributed by atoms with E-state index in [9.17, 15) is 0 Å². The highest BCUT2D eigenvalue weighted by Crippen LogP contribution is 2.12. The molecule has 1 aromatic carbocycles. The molecule has 0 aliphatic carbocycles. The summed E-state index contributed by atoms with van der Waals surface area (Å²) < 4.78 is 7.13. The van der Waals surface area contributed by atoms with Gasteiger partial charge in [0, 0.05) is 6.42 Å². The zero-order valence-electron chi connectivity index (χ0n) is 9.84. The van der Waals surface area contributed by atoms with Gasteiger partial charge in [0.15, 0.2) is 0 Å². The molecule has 0 unspecified atom stereocenters. The maximum absolute atomic E-state index is 5.52. The number of benzene rings is 1. The zero-order chi connectivity index (χ0) is 12.1. The normalized spacial score (nSPS) is 10.5. The molecule has 0 radical (unpaired) electrons. The Morgan fingerprint density at radius 3 is 2.71 bits per heavy atom. The van der Waals surface area contributed by atoms with E-state index in [0.29, 0.717) is 6.54 Å². The van der Waals surface area contributed by atoms with Gasteiger partial charge in [-0.05, 0) is 24.2 Å². The highest BCUT2D eigenvalue weighted by Gasteiger charge is 2.03. The van der Waals surface area contributed by atoms with Crippen LogP contribution in [0.5, 0.6) is 5.75 Å². The predicted octanol–water partition coefficient (Wildman–Crippen LogP) is 0.836. The molecule has 0 fully saturated rings. The molecule has 0 aliphatic heterocycles. The van der Waals surface area contributed by atoms with Gasteiger partial charge in [0.25, 0.3) is 0 Å². The Labute approximate surface area is 100 Å². The predicted molar refractivity (Wildman–Crippen MR) is 64.9 cm³/mol. The molecule has 2 rings (SSSR count). The SMILES string of the molecule is COc1ccc(Cn2cnnc2CCN)cc1. The van der Waals surface area contributed by atoms with E-state index in [1.54, 1.807) is 13.4 Å². The molecule has 1 aromatic heterocycles. The van der Waals surface area contributed by atoms with Gasteiger partial charge in [-0.25, -0.2) is 0 Å². The summed E-state index contributed by atoms with van der Waals surface area (Å²) in [5.74, 6) is 1.78. The lowest BCUT2D eigenvalue weighted by Crippen LogP contribution is -2.10. The number of aromatic nitrogens is 3. The summed E-state index contributed by atoms with van der Waals surface area (Å²) in [7, 11) is 1.66. The summed E-state index contributed by atoms with van der Waals surface area (Å²) >= 11 is 0. The van der Waals surface area contributed by atoms with Gasteiger partial charge in [-0.3, -0.25) is 0 Å². The van der Waals surface area contributed by atoms with Crippen LogP contribution in [0.2, 0.25) is 0 Å². The first kappa shape index (κ1) is 11.6. The second-order valence-corrected chi connectivity index (χ2v) is 3.76. The summed E-state index contributed by atoms with van der Waals surface area (Å²) in [5.41, 5.74) is 6.71. The van der Waals surface area contributed by atoms with E-state index >= 15 is 0 Å². The van der Waals surface area contributed by atoms with Crippen molar-refractivity contribution in [2.45, 2.75) is 13.0 Å². The van der Waals surface area contributed by atoms with Crippen molar-refractivity contribution in [2.24, 2.45) is 5.73 Å². The fourth-order valence-corrected chi connectivity index (χ4v) is 1.66. The molecule has 0 atom stereocenters. The maximum Gasteiger partial charge on any atom is 0.134 e. The van der Waals surface area contributed by atoms with Crippen molar-refractivity contribution < 1.29 is 4.74 Å². The lowest BCUT2D eigenvalue weighted by atomic mass is 10.2. The number of rotatable bonds is 5. The molecule has 17 heavy (non-hydrogen) atoms. The van der Waals surface area contributed by atoms with Crippen LogP contribution in [0, 0.1) is 0 Å². The first-order valence-corrected chi connectivity index (χ1v) is 5.53. The van der Waals surface area contributed by atoms with Gasteiger partial charge in [-0.2, -0.15) is 0 Å². The molecule has 5 nitrogen and oxygen atoms in total. The number of hydrogen-bond acceptors (Lipinski definition) is 4. The minimum absolute atomic E-state index is 0.585. The van der Waals surface area contributed by atoms with Gasteiger partial charge >= 0.3 is 0 Å². The smallest absolute Gasteiger partial charge is 0.134 e. The Hall–Kier alpha value is -1.88. The van der Waals surface area contributed by atoms with Gasteiger partial charge < -0.3 is 15.0 Å². The summed E-state index contributed by atoms with van der Waals surface area (Å²) in [6.07, 6.45) is 2.48. The van der Waals surface area contributed by atoms with E-state index in [0.717, 1.165) is 24.5 Å². The van der Waals surface area contributed by atoms with Crippen molar-refractivity contribution in [3.63, 3.8) is 0 Å². The molecule has 0 saturated carbocycles. The molecule has 0 saturated heterocycles. The largest absolute Gasteiger partial charge is 0.497 e. The number of nitrogens with zero attached hydrogens (tertiary/aromatic N) is 3. The second-order valence-electron chi connectivity index (χ2n) is 3.76. The average molecular weight is 232 g/mol. The molecule has 5 heteroatoms. The van der Waals surface area contributed by atoms with Crippen molar-refractivity contribution in [3.8, 4) is 5.75 Å². The molecule has 0 amide bonds. The molecule has 1 heterocycles. The lowest BCUT2D eigenvalue weighted by molar-refractivity contribution is 0.414. The highest BCUT2D eigenvalue weighted by molar-refractivity contribution is 5.27. The number of ether oxygens (including phenoxy) is 1. The van der Waals surface area contributed by atoms with E-state index in [-0.39, 0.29) is 0 Å². The molecule has 0 aliphatic rings. The second kappa shape index (κ2) is 5.45. The highest BCUT2D eigenvalue weighted by atomic mass is 16.5. The quantitative estimate of drug-likeness (QED) is 0.829. The maximum atomic E-state index is 5.52. The molecule has 0 spiro atoms. The fourth-order valence-electron chi connectivity index (χ4n) is 1.66. The standard InChI is InChI=1S/C12H16N4O/c1-17-11-4-2-10(3-5-11)8-16-9-14-15-12(16)6-7-13/h2-5,9H,6-8,13H2,1H3. The van der Waals surface area contributed by atoms with E-state index < -0.39 is 0 Å². The summed E-state index contributed by atoms with van der Waals surface area (Å²) in [4.78, 5) is 0. The van der Waals surface area contributed by atoms with Crippen LogP contribution in [0.4, 0.5) is 0 Å². The Morgan fingerprint density at radius 2 is 2.06 bits per heavy atom. The summed E-state index contributed by atoms with van der Waals surface area (Å²) in [6.45, 7) is 1.34. The van der Waals surface area contributed by atoms with E-state index in [4.69, 9.17) is 10.5 Å². The van der Waals surface area contributed by atoms with Crippen LogP contribution in [0.3, 0.4) is 0 Å². The fraction of sp³-hybridized carbons (Fsp3) is 0.333. The van der Waals surface area contributed by atoms with Crippen LogP contribution < -0.4 is 10.5 Å². The van der Waals surface area contributed by atoms with Crippen LogP contribution in [-0.4, -0.2) is 28.4 Å². The number of hydrogen-bond donors (Lipinski definition) is 1. The molecule has 90 valence electrons. The molecule has 2 aromatic rings. The van der Waals surface area contributed by atoms with Crippen molar-refractivity contribution in [1.29, 1.82) is 0 Å². The van der Waals surface area contributed by atoms with Gasteiger partial charge in [0.05, 0.1) is 13.7 Å². The monoisotopic (exact) mass is 232 g/mol. The topological polar surface area (TPSA) is 66.0 Å². The Bertz CT molecular complexity index is 464. The minimum atomic E-state index is 0.585. The van der Waals surface area contributed by atoms with E-state index in [2.05, 4.69) is 10.2 Å². The first-order valence-electron chi connectivity index (χ1n) is 5.53. The zero-order valence-corrected chi connectivity index (χ0v) is 9.84. The third kappa shape index (κ3) is 2.82. The van der Waals surface area contributed by atoms with Crippen molar-refractivity contribution >= 4 is 0 Å². The lowest BCUT2D eigenvalue weighted by Gasteiger charge is -2.06. The van der Waals surface area contributed by atoms with Gasteiger partial charge in [-0.1, -0.05) is 12.1 Å². The van der Waals surface area contributed by atoms with Crippen molar-refractivity contribution in [1.82, 2.24) is 14.8 Å².